The van der Waals surface area contributed by atoms with Gasteiger partial charge in [-0.05, 0) is 81.2 Å². The zero-order valence-corrected chi connectivity index (χ0v) is 30.3. The van der Waals surface area contributed by atoms with Crippen molar-refractivity contribution in [1.82, 2.24) is 24.9 Å². The highest BCUT2D eigenvalue weighted by molar-refractivity contribution is 6.10. The van der Waals surface area contributed by atoms with Crippen LogP contribution in [0, 0.1) is 0 Å². The first-order valence-corrected chi connectivity index (χ1v) is 18.6. The summed E-state index contributed by atoms with van der Waals surface area (Å²) in [5.41, 5.74) is 14.0. The van der Waals surface area contributed by atoms with Crippen LogP contribution in [-0.2, 0) is 0 Å². The predicted octanol–water partition coefficient (Wildman–Crippen LogP) is 12.6. The molecule has 6 aromatic carbocycles. The van der Waals surface area contributed by atoms with Gasteiger partial charge in [-0.15, -0.1) is 0 Å². The van der Waals surface area contributed by atoms with Crippen LogP contribution in [0.4, 0.5) is 0 Å². The maximum Gasteiger partial charge on any atom is 0.160 e. The van der Waals surface area contributed by atoms with E-state index < -0.39 is 0 Å². The summed E-state index contributed by atoms with van der Waals surface area (Å²) >= 11 is 0. The van der Waals surface area contributed by atoms with E-state index in [0.29, 0.717) is 5.82 Å². The summed E-state index contributed by atoms with van der Waals surface area (Å²) in [5, 5.41) is 3.40. The Balaban J connectivity index is 1.01. The summed E-state index contributed by atoms with van der Waals surface area (Å²) in [6.45, 7) is 0. The number of aromatic nitrogens is 5. The minimum absolute atomic E-state index is 0.684. The Labute approximate surface area is 324 Å². The molecule has 0 N–H and O–H groups in total. The third-order valence-electron chi connectivity index (χ3n) is 10.2. The molecule has 0 fully saturated rings. The molecular formula is C51H33N5. The van der Waals surface area contributed by atoms with Crippen LogP contribution < -0.4 is 0 Å². The average molecular weight is 716 g/mol. The highest BCUT2D eigenvalue weighted by atomic mass is 14.9. The van der Waals surface area contributed by atoms with E-state index in [-0.39, 0.29) is 0 Å². The zero-order valence-electron chi connectivity index (χ0n) is 30.3. The summed E-state index contributed by atoms with van der Waals surface area (Å²) in [7, 11) is 0. The molecular weight excluding hydrogens is 683 g/mol. The lowest BCUT2D eigenvalue weighted by molar-refractivity contribution is 1.18. The van der Waals surface area contributed by atoms with Crippen molar-refractivity contribution in [1.29, 1.82) is 0 Å². The van der Waals surface area contributed by atoms with Gasteiger partial charge in [-0.1, -0.05) is 140 Å². The Morgan fingerprint density at radius 2 is 0.893 bits per heavy atom. The van der Waals surface area contributed by atoms with Crippen molar-refractivity contribution in [2.75, 3.05) is 0 Å². The van der Waals surface area contributed by atoms with Crippen LogP contribution >= 0.6 is 0 Å². The van der Waals surface area contributed by atoms with Gasteiger partial charge in [-0.25, -0.2) is 15.0 Å². The first-order valence-electron chi connectivity index (χ1n) is 18.6. The molecule has 0 amide bonds. The molecule has 0 aliphatic heterocycles. The molecule has 0 aliphatic rings. The summed E-state index contributed by atoms with van der Waals surface area (Å²) in [6, 6.07) is 63.0. The average Bonchev–Trinajstić information content (AvgIpc) is 3.29. The fourth-order valence-electron chi connectivity index (χ4n) is 7.40. The SMILES string of the molecule is c1ccc(-c2nc(-c3ccc(-c4cccnc4)cc3)cc(-c3cccc(-c4cccc(-c5ccnc(-c6nc7ccccc7c7ccccc67)c5)c4)c3)n2)cc1. The number of hydrogen-bond acceptors (Lipinski definition) is 5. The lowest BCUT2D eigenvalue weighted by Crippen LogP contribution is -1.96. The van der Waals surface area contributed by atoms with E-state index in [1.54, 1.807) is 6.20 Å². The van der Waals surface area contributed by atoms with Gasteiger partial charge in [0.15, 0.2) is 5.82 Å². The molecule has 0 unspecified atom stereocenters. The van der Waals surface area contributed by atoms with Gasteiger partial charge in [0.1, 0.15) is 0 Å². The summed E-state index contributed by atoms with van der Waals surface area (Å²) in [5.74, 6) is 0.684. The van der Waals surface area contributed by atoms with Gasteiger partial charge in [0.2, 0.25) is 0 Å². The van der Waals surface area contributed by atoms with Crippen molar-refractivity contribution < 1.29 is 0 Å². The zero-order chi connectivity index (χ0) is 37.3. The van der Waals surface area contributed by atoms with Crippen molar-refractivity contribution >= 4 is 21.7 Å². The van der Waals surface area contributed by atoms with E-state index >= 15 is 0 Å². The largest absolute Gasteiger partial charge is 0.264 e. The minimum Gasteiger partial charge on any atom is -0.264 e. The van der Waals surface area contributed by atoms with Crippen LogP contribution in [-0.4, -0.2) is 24.9 Å². The molecule has 0 atom stereocenters. The van der Waals surface area contributed by atoms with Gasteiger partial charge in [0.05, 0.1) is 28.3 Å². The van der Waals surface area contributed by atoms with Gasteiger partial charge in [-0.2, -0.15) is 0 Å². The second-order valence-corrected chi connectivity index (χ2v) is 13.8. The van der Waals surface area contributed by atoms with E-state index in [1.165, 1.54) is 5.39 Å². The number of rotatable bonds is 7. The monoisotopic (exact) mass is 715 g/mol. The fourth-order valence-corrected chi connectivity index (χ4v) is 7.40. The van der Waals surface area contributed by atoms with Crippen LogP contribution in [0.15, 0.2) is 201 Å². The van der Waals surface area contributed by atoms with Gasteiger partial charge >= 0.3 is 0 Å². The van der Waals surface area contributed by atoms with E-state index in [1.807, 2.05) is 42.7 Å². The summed E-state index contributed by atoms with van der Waals surface area (Å²) in [4.78, 5) is 24.4. The molecule has 0 bridgehead atoms. The first kappa shape index (κ1) is 33.0. The van der Waals surface area contributed by atoms with Gasteiger partial charge in [0, 0.05) is 46.1 Å². The van der Waals surface area contributed by atoms with Crippen LogP contribution in [0.3, 0.4) is 0 Å². The smallest absolute Gasteiger partial charge is 0.160 e. The third-order valence-corrected chi connectivity index (χ3v) is 10.2. The number of hydrogen-bond donors (Lipinski definition) is 0. The molecule has 10 rings (SSSR count). The van der Waals surface area contributed by atoms with Gasteiger partial charge in [-0.3, -0.25) is 9.97 Å². The Kier molecular flexibility index (Phi) is 8.43. The number of pyridine rings is 3. The predicted molar refractivity (Wildman–Crippen MR) is 228 cm³/mol. The van der Waals surface area contributed by atoms with Crippen molar-refractivity contribution in [2.45, 2.75) is 0 Å². The normalized spacial score (nSPS) is 11.2. The molecule has 56 heavy (non-hydrogen) atoms. The van der Waals surface area contributed by atoms with Crippen LogP contribution in [0.25, 0.3) is 100 Å². The Hall–Kier alpha value is -7.63. The second-order valence-electron chi connectivity index (χ2n) is 13.8. The van der Waals surface area contributed by atoms with Crippen LogP contribution in [0.2, 0.25) is 0 Å². The molecule has 4 aromatic heterocycles. The standard InChI is InChI=1S/C51H33N5/c1-2-11-36(12-3-1)51-55-47(35-24-22-34(23-25-35)42-17-10-27-52-33-42)32-48(56-51)41-16-9-15-39(30-41)37-13-8-14-38(29-37)40-26-28-53-49(31-40)50-45-20-5-4-18-43(45)44-19-6-7-21-46(44)54-50/h1-33H. The molecule has 0 spiro atoms. The lowest BCUT2D eigenvalue weighted by atomic mass is 9.96. The van der Waals surface area contributed by atoms with Crippen molar-refractivity contribution in [3.63, 3.8) is 0 Å². The molecule has 0 saturated carbocycles. The van der Waals surface area contributed by atoms with Gasteiger partial charge in [0.25, 0.3) is 0 Å². The highest BCUT2D eigenvalue weighted by Crippen LogP contribution is 2.35. The number of fused-ring (bicyclic) bond motifs is 3. The molecule has 10 aromatic rings. The molecule has 5 nitrogen and oxygen atoms in total. The van der Waals surface area contributed by atoms with E-state index in [4.69, 9.17) is 19.9 Å². The van der Waals surface area contributed by atoms with Crippen molar-refractivity contribution in [3.05, 3.63) is 201 Å². The summed E-state index contributed by atoms with van der Waals surface area (Å²) < 4.78 is 0. The van der Waals surface area contributed by atoms with E-state index in [0.717, 1.165) is 89.1 Å². The third kappa shape index (κ3) is 6.37. The Morgan fingerprint density at radius 3 is 1.64 bits per heavy atom. The molecule has 0 aliphatic carbocycles. The van der Waals surface area contributed by atoms with E-state index in [9.17, 15) is 0 Å². The van der Waals surface area contributed by atoms with Gasteiger partial charge < -0.3 is 0 Å². The van der Waals surface area contributed by atoms with Crippen molar-refractivity contribution in [2.24, 2.45) is 0 Å². The first-order chi connectivity index (χ1) is 27.7. The lowest BCUT2D eigenvalue weighted by Gasteiger charge is -2.12. The highest BCUT2D eigenvalue weighted by Gasteiger charge is 2.14. The number of para-hydroxylation sites is 1. The Morgan fingerprint density at radius 1 is 0.304 bits per heavy atom. The second kappa shape index (κ2) is 14.3. The molecule has 4 heterocycles. The molecule has 0 saturated heterocycles. The topological polar surface area (TPSA) is 64.5 Å². The number of nitrogens with zero attached hydrogens (tertiary/aromatic N) is 5. The van der Waals surface area contributed by atoms with Crippen molar-refractivity contribution in [3.8, 4) is 78.7 Å². The van der Waals surface area contributed by atoms with Crippen LogP contribution in [0.5, 0.6) is 0 Å². The minimum atomic E-state index is 0.684. The molecule has 5 heteroatoms. The molecule has 0 radical (unpaired) electrons. The summed E-state index contributed by atoms with van der Waals surface area (Å²) in [6.07, 6.45) is 5.56. The maximum absolute atomic E-state index is 5.11. The molecule has 262 valence electrons. The maximum atomic E-state index is 5.11. The number of benzene rings is 6. The van der Waals surface area contributed by atoms with Crippen LogP contribution in [0.1, 0.15) is 0 Å². The Bertz CT molecular complexity index is 3020. The van der Waals surface area contributed by atoms with E-state index in [2.05, 4.69) is 157 Å². The quantitative estimate of drug-likeness (QED) is 0.154. The fraction of sp³-hybridized carbons (Fsp3) is 0.